The van der Waals surface area contributed by atoms with Crippen molar-refractivity contribution >= 4 is 9.84 Å². The fourth-order valence-electron chi connectivity index (χ4n) is 2.70. The van der Waals surface area contributed by atoms with Crippen LogP contribution in [0, 0.1) is 13.8 Å². The Morgan fingerprint density at radius 1 is 1.33 bits per heavy atom. The highest BCUT2D eigenvalue weighted by Gasteiger charge is 2.28. The normalized spacial score (nSPS) is 19.9. The Kier molecular flexibility index (Phi) is 5.43. The van der Waals surface area contributed by atoms with Gasteiger partial charge in [-0.2, -0.15) is 0 Å². The first-order chi connectivity index (χ1) is 9.95. The molecule has 0 spiro atoms. The number of ether oxygens (including phenoxy) is 1. The van der Waals surface area contributed by atoms with Gasteiger partial charge in [0.25, 0.3) is 0 Å². The van der Waals surface area contributed by atoms with Gasteiger partial charge in [0.1, 0.15) is 0 Å². The second-order valence-electron chi connectivity index (χ2n) is 5.84. The molecule has 2 rings (SSSR count). The molecule has 120 valence electrons. The topological polar surface area (TPSA) is 61.2 Å². The lowest BCUT2D eigenvalue weighted by atomic mass is 10.1. The Morgan fingerprint density at radius 2 is 2.10 bits per heavy atom. The van der Waals surface area contributed by atoms with E-state index in [0.717, 1.165) is 43.5 Å². The molecule has 1 aromatic heterocycles. The lowest BCUT2D eigenvalue weighted by Crippen LogP contribution is -2.29. The van der Waals surface area contributed by atoms with E-state index in [1.165, 1.54) is 0 Å². The molecule has 0 radical (unpaired) electrons. The largest absolute Gasteiger partial charge is 0.377 e. The van der Waals surface area contributed by atoms with Crippen molar-refractivity contribution < 1.29 is 13.2 Å². The number of rotatable bonds is 6. The second-order valence-corrected chi connectivity index (χ2v) is 7.77. The van der Waals surface area contributed by atoms with Crippen LogP contribution in [0.2, 0.25) is 0 Å². The maximum absolute atomic E-state index is 12.7. The van der Waals surface area contributed by atoms with Crippen LogP contribution < -0.4 is 0 Å². The van der Waals surface area contributed by atoms with E-state index in [2.05, 4.69) is 11.9 Å². The minimum Gasteiger partial charge on any atom is -0.377 e. The molecular weight excluding hydrogens is 288 g/mol. The summed E-state index contributed by atoms with van der Waals surface area (Å²) in [6.07, 6.45) is 4.71. The van der Waals surface area contributed by atoms with Crippen LogP contribution in [0.4, 0.5) is 0 Å². The van der Waals surface area contributed by atoms with E-state index >= 15 is 0 Å². The van der Waals surface area contributed by atoms with Crippen LogP contribution >= 0.6 is 0 Å². The molecule has 5 nitrogen and oxygen atoms in total. The molecule has 21 heavy (non-hydrogen) atoms. The van der Waals surface area contributed by atoms with E-state index in [4.69, 9.17) is 4.74 Å². The summed E-state index contributed by atoms with van der Waals surface area (Å²) in [6, 6.07) is 0. The third-order valence-corrected chi connectivity index (χ3v) is 5.79. The number of imidazole rings is 1. The van der Waals surface area contributed by atoms with Gasteiger partial charge in [0.05, 0.1) is 17.6 Å². The molecule has 0 amide bonds. The summed E-state index contributed by atoms with van der Waals surface area (Å²) in [6.45, 7) is 7.29. The van der Waals surface area contributed by atoms with Crippen LogP contribution in [0.25, 0.3) is 0 Å². The Balaban J connectivity index is 2.24. The maximum Gasteiger partial charge on any atom is 0.228 e. The third kappa shape index (κ3) is 3.86. The van der Waals surface area contributed by atoms with Gasteiger partial charge in [0, 0.05) is 18.8 Å². The monoisotopic (exact) mass is 314 g/mol. The molecule has 0 aromatic carbocycles. The number of hydrogen-bond donors (Lipinski definition) is 0. The van der Waals surface area contributed by atoms with Gasteiger partial charge in [-0.05, 0) is 39.5 Å². The summed E-state index contributed by atoms with van der Waals surface area (Å²) in [5.74, 6) is 0.0506. The summed E-state index contributed by atoms with van der Waals surface area (Å²) in [5.41, 5.74) is 1.75. The van der Waals surface area contributed by atoms with Crippen molar-refractivity contribution in [3.63, 3.8) is 0 Å². The minimum atomic E-state index is -3.40. The van der Waals surface area contributed by atoms with Crippen molar-refractivity contribution in [2.24, 2.45) is 0 Å². The van der Waals surface area contributed by atoms with E-state index in [1.54, 1.807) is 0 Å². The van der Waals surface area contributed by atoms with Gasteiger partial charge >= 0.3 is 0 Å². The lowest BCUT2D eigenvalue weighted by Gasteiger charge is -2.22. The average molecular weight is 314 g/mol. The van der Waals surface area contributed by atoms with E-state index in [1.807, 2.05) is 18.4 Å². The average Bonchev–Trinajstić information content (AvgIpc) is 2.74. The van der Waals surface area contributed by atoms with Gasteiger partial charge in [-0.3, -0.25) is 0 Å². The van der Waals surface area contributed by atoms with Crippen LogP contribution in [-0.4, -0.2) is 36.4 Å². The predicted molar refractivity (Wildman–Crippen MR) is 82.3 cm³/mol. The van der Waals surface area contributed by atoms with Crippen LogP contribution in [0.15, 0.2) is 5.16 Å². The van der Waals surface area contributed by atoms with Gasteiger partial charge in [0.15, 0.2) is 0 Å². The highest BCUT2D eigenvalue weighted by atomic mass is 32.2. The van der Waals surface area contributed by atoms with Crippen LogP contribution in [0.1, 0.15) is 50.4 Å². The highest BCUT2D eigenvalue weighted by Crippen LogP contribution is 2.21. The van der Waals surface area contributed by atoms with Gasteiger partial charge in [-0.25, -0.2) is 13.4 Å². The van der Waals surface area contributed by atoms with Crippen molar-refractivity contribution in [2.45, 2.75) is 70.7 Å². The van der Waals surface area contributed by atoms with E-state index < -0.39 is 9.84 Å². The Hall–Kier alpha value is -0.880. The quantitative estimate of drug-likeness (QED) is 0.810. The molecule has 1 aromatic rings. The summed E-state index contributed by atoms with van der Waals surface area (Å²) >= 11 is 0. The van der Waals surface area contributed by atoms with E-state index in [-0.39, 0.29) is 17.0 Å². The molecule has 0 bridgehead atoms. The molecule has 0 saturated carbocycles. The molecule has 1 aliphatic heterocycles. The zero-order chi connectivity index (χ0) is 15.5. The SMILES string of the molecule is CCCCn1c(S(=O)(=O)C[C@H]2CCCCO2)nc(C)c1C. The zero-order valence-corrected chi connectivity index (χ0v) is 14.1. The Morgan fingerprint density at radius 3 is 2.71 bits per heavy atom. The smallest absolute Gasteiger partial charge is 0.228 e. The van der Waals surface area contributed by atoms with Gasteiger partial charge in [-0.1, -0.05) is 13.3 Å². The molecule has 0 N–H and O–H groups in total. The first-order valence-corrected chi connectivity index (χ1v) is 9.49. The van der Waals surface area contributed by atoms with Gasteiger partial charge < -0.3 is 9.30 Å². The number of unbranched alkanes of at least 4 members (excludes halogenated alkanes) is 1. The maximum atomic E-state index is 12.7. The Bertz CT molecular complexity index is 572. The van der Waals surface area contributed by atoms with Crippen LogP contribution in [0.5, 0.6) is 0 Å². The number of aromatic nitrogens is 2. The fourth-order valence-corrected chi connectivity index (χ4v) is 4.44. The van der Waals surface area contributed by atoms with Gasteiger partial charge in [-0.15, -0.1) is 0 Å². The number of nitrogens with zero attached hydrogens (tertiary/aromatic N) is 2. The van der Waals surface area contributed by atoms with Crippen molar-refractivity contribution in [1.29, 1.82) is 0 Å². The zero-order valence-electron chi connectivity index (χ0n) is 13.3. The molecule has 2 heterocycles. The van der Waals surface area contributed by atoms with Gasteiger partial charge in [0.2, 0.25) is 15.0 Å². The van der Waals surface area contributed by atoms with E-state index in [0.29, 0.717) is 13.2 Å². The first kappa shape index (κ1) is 16.5. The summed E-state index contributed by atoms with van der Waals surface area (Å²) in [5, 5.41) is 0.222. The predicted octanol–water partition coefficient (Wildman–Crippen LogP) is 2.64. The standard InChI is InChI=1S/C15H26N2O3S/c1-4-5-9-17-13(3)12(2)16-15(17)21(18,19)11-14-8-6-7-10-20-14/h14H,4-11H2,1-3H3/t14-/m1/s1. The molecule has 0 unspecified atom stereocenters. The van der Waals surface area contributed by atoms with Crippen molar-refractivity contribution in [3.05, 3.63) is 11.4 Å². The number of aryl methyl sites for hydroxylation is 1. The molecule has 1 fully saturated rings. The summed E-state index contributed by atoms with van der Waals surface area (Å²) in [4.78, 5) is 4.32. The summed E-state index contributed by atoms with van der Waals surface area (Å²) in [7, 11) is -3.40. The van der Waals surface area contributed by atoms with Crippen LogP contribution in [-0.2, 0) is 21.1 Å². The molecule has 1 atom stereocenters. The molecular formula is C15H26N2O3S. The molecule has 1 aliphatic rings. The fraction of sp³-hybridized carbons (Fsp3) is 0.800. The van der Waals surface area contributed by atoms with Crippen LogP contribution in [0.3, 0.4) is 0 Å². The van der Waals surface area contributed by atoms with Crippen molar-refractivity contribution in [3.8, 4) is 0 Å². The first-order valence-electron chi connectivity index (χ1n) is 7.83. The highest BCUT2D eigenvalue weighted by molar-refractivity contribution is 7.91. The van der Waals surface area contributed by atoms with E-state index in [9.17, 15) is 8.42 Å². The molecule has 6 heteroatoms. The number of sulfone groups is 1. The van der Waals surface area contributed by atoms with Crippen molar-refractivity contribution in [1.82, 2.24) is 9.55 Å². The second kappa shape index (κ2) is 6.92. The minimum absolute atomic E-state index is 0.0506. The Labute approximate surface area is 127 Å². The summed E-state index contributed by atoms with van der Waals surface area (Å²) < 4.78 is 32.8. The molecule has 0 aliphatic carbocycles. The number of hydrogen-bond acceptors (Lipinski definition) is 4. The third-order valence-electron chi connectivity index (χ3n) is 4.12. The molecule has 1 saturated heterocycles. The lowest BCUT2D eigenvalue weighted by molar-refractivity contribution is 0.0304. The van der Waals surface area contributed by atoms with Crippen molar-refractivity contribution in [2.75, 3.05) is 12.4 Å².